The molecule has 0 saturated heterocycles. The van der Waals surface area contributed by atoms with E-state index in [2.05, 4.69) is 19.2 Å². The number of carbonyl (C=O) groups is 1. The van der Waals surface area contributed by atoms with Crippen molar-refractivity contribution >= 4 is 5.91 Å². The van der Waals surface area contributed by atoms with Crippen molar-refractivity contribution in [1.29, 1.82) is 5.26 Å². The van der Waals surface area contributed by atoms with Gasteiger partial charge in [-0.1, -0.05) is 26.7 Å². The molecule has 0 aromatic carbocycles. The summed E-state index contributed by atoms with van der Waals surface area (Å²) in [7, 11) is 0. The molecule has 0 bridgehead atoms. The molecule has 0 aromatic heterocycles. The van der Waals surface area contributed by atoms with Crippen molar-refractivity contribution in [3.63, 3.8) is 0 Å². The van der Waals surface area contributed by atoms with Gasteiger partial charge in [0.05, 0.1) is 6.07 Å². The normalized spacial score (nSPS) is 13.4. The first-order chi connectivity index (χ1) is 6.88. The minimum absolute atomic E-state index is 0.139. The van der Waals surface area contributed by atoms with E-state index in [9.17, 15) is 4.79 Å². The number of hydrogen-bond acceptors (Lipinski definition) is 2. The summed E-state index contributed by atoms with van der Waals surface area (Å²) in [4.78, 5) is 11.7. The van der Waals surface area contributed by atoms with E-state index in [4.69, 9.17) is 5.26 Å². The van der Waals surface area contributed by atoms with Crippen LogP contribution in [0.3, 0.4) is 0 Å². The zero-order chi connectivity index (χ0) is 12.1. The molecule has 0 rings (SSSR count). The number of nitriles is 1. The molecule has 1 amide bonds. The molecule has 0 aliphatic carbocycles. The number of hydrogen-bond donors (Lipinski definition) is 1. The molecule has 0 saturated carbocycles. The van der Waals surface area contributed by atoms with E-state index in [0.717, 1.165) is 12.8 Å². The van der Waals surface area contributed by atoms with E-state index >= 15 is 0 Å². The summed E-state index contributed by atoms with van der Waals surface area (Å²) in [6.07, 6.45) is 2.09. The second kappa shape index (κ2) is 5.75. The summed E-state index contributed by atoms with van der Waals surface area (Å²) < 4.78 is 0. The molecule has 1 unspecified atom stereocenters. The van der Waals surface area contributed by atoms with Gasteiger partial charge < -0.3 is 5.32 Å². The maximum atomic E-state index is 11.7. The van der Waals surface area contributed by atoms with Crippen LogP contribution in [0.2, 0.25) is 0 Å². The minimum atomic E-state index is -0.930. The molecule has 0 aliphatic heterocycles. The smallest absolute Gasteiger partial charge is 0.240 e. The molecule has 3 heteroatoms. The van der Waals surface area contributed by atoms with Crippen LogP contribution in [-0.2, 0) is 4.79 Å². The minimum Gasteiger partial charge on any atom is -0.352 e. The predicted octanol–water partition coefficient (Wildman–Crippen LogP) is 2.48. The Bertz CT molecular complexity index is 249. The molecule has 0 fully saturated rings. The van der Waals surface area contributed by atoms with E-state index in [-0.39, 0.29) is 11.9 Å². The number of amides is 1. The Morgan fingerprint density at radius 3 is 2.20 bits per heavy atom. The van der Waals surface area contributed by atoms with E-state index < -0.39 is 5.41 Å². The maximum absolute atomic E-state index is 11.7. The van der Waals surface area contributed by atoms with Gasteiger partial charge in [-0.05, 0) is 26.7 Å². The Morgan fingerprint density at radius 1 is 1.40 bits per heavy atom. The number of rotatable bonds is 5. The fourth-order valence-corrected chi connectivity index (χ4v) is 1.55. The van der Waals surface area contributed by atoms with Gasteiger partial charge in [-0.25, -0.2) is 0 Å². The van der Waals surface area contributed by atoms with Crippen LogP contribution in [0.15, 0.2) is 0 Å². The fraction of sp³-hybridized carbons (Fsp3) is 0.833. The average molecular weight is 210 g/mol. The van der Waals surface area contributed by atoms with Crippen LogP contribution in [0.25, 0.3) is 0 Å². The first-order valence-electron chi connectivity index (χ1n) is 5.61. The van der Waals surface area contributed by atoms with Crippen LogP contribution in [0, 0.1) is 22.7 Å². The van der Waals surface area contributed by atoms with Crippen LogP contribution in [0.5, 0.6) is 0 Å². The molecule has 3 nitrogen and oxygen atoms in total. The van der Waals surface area contributed by atoms with E-state index in [1.54, 1.807) is 13.8 Å². The highest BCUT2D eigenvalue weighted by molar-refractivity contribution is 5.84. The fourth-order valence-electron chi connectivity index (χ4n) is 1.55. The SMILES string of the molecule is CCC(CC)C(C)NC(=O)C(C)(C)C#N. The molecule has 1 N–H and O–H groups in total. The monoisotopic (exact) mass is 210 g/mol. The Labute approximate surface area is 92.9 Å². The van der Waals surface area contributed by atoms with Crippen LogP contribution in [0.4, 0.5) is 0 Å². The van der Waals surface area contributed by atoms with E-state index in [0.29, 0.717) is 5.92 Å². The summed E-state index contributed by atoms with van der Waals surface area (Å²) in [6.45, 7) is 9.52. The topological polar surface area (TPSA) is 52.9 Å². The van der Waals surface area contributed by atoms with Gasteiger partial charge in [0.25, 0.3) is 0 Å². The van der Waals surface area contributed by atoms with Gasteiger partial charge in [-0.15, -0.1) is 0 Å². The zero-order valence-corrected chi connectivity index (χ0v) is 10.4. The molecule has 0 aliphatic rings. The van der Waals surface area contributed by atoms with Gasteiger partial charge >= 0.3 is 0 Å². The first-order valence-corrected chi connectivity index (χ1v) is 5.61. The van der Waals surface area contributed by atoms with Crippen molar-refractivity contribution in [2.75, 3.05) is 0 Å². The van der Waals surface area contributed by atoms with Crippen molar-refractivity contribution in [3.8, 4) is 6.07 Å². The van der Waals surface area contributed by atoms with Gasteiger partial charge in [-0.3, -0.25) is 4.79 Å². The second-order valence-electron chi connectivity index (χ2n) is 4.58. The quantitative estimate of drug-likeness (QED) is 0.758. The molecular weight excluding hydrogens is 188 g/mol. The highest BCUT2D eigenvalue weighted by atomic mass is 16.2. The summed E-state index contributed by atoms with van der Waals surface area (Å²) in [6, 6.07) is 2.15. The van der Waals surface area contributed by atoms with Crippen molar-refractivity contribution in [3.05, 3.63) is 0 Å². The molecule has 0 radical (unpaired) electrons. The van der Waals surface area contributed by atoms with Crippen LogP contribution in [-0.4, -0.2) is 11.9 Å². The lowest BCUT2D eigenvalue weighted by Crippen LogP contribution is -2.44. The largest absolute Gasteiger partial charge is 0.352 e. The van der Waals surface area contributed by atoms with E-state index in [1.807, 2.05) is 13.0 Å². The summed E-state index contributed by atoms with van der Waals surface area (Å²) >= 11 is 0. The number of nitrogens with zero attached hydrogens (tertiary/aromatic N) is 1. The van der Waals surface area contributed by atoms with E-state index in [1.165, 1.54) is 0 Å². The number of nitrogens with one attached hydrogen (secondary N) is 1. The molecule has 0 spiro atoms. The zero-order valence-electron chi connectivity index (χ0n) is 10.4. The van der Waals surface area contributed by atoms with Gasteiger partial charge in [0, 0.05) is 6.04 Å². The highest BCUT2D eigenvalue weighted by Gasteiger charge is 2.29. The van der Waals surface area contributed by atoms with Crippen molar-refractivity contribution in [2.45, 2.75) is 53.5 Å². The Hall–Kier alpha value is -1.04. The van der Waals surface area contributed by atoms with Gasteiger partial charge in [0.2, 0.25) is 5.91 Å². The average Bonchev–Trinajstić information content (AvgIpc) is 2.19. The molecule has 86 valence electrons. The lowest BCUT2D eigenvalue weighted by atomic mass is 9.91. The molecule has 0 heterocycles. The highest BCUT2D eigenvalue weighted by Crippen LogP contribution is 2.17. The Kier molecular flexibility index (Phi) is 5.35. The molecular formula is C12H22N2O. The van der Waals surface area contributed by atoms with Crippen molar-refractivity contribution in [2.24, 2.45) is 11.3 Å². The summed E-state index contributed by atoms with van der Waals surface area (Å²) in [5.41, 5.74) is -0.930. The second-order valence-corrected chi connectivity index (χ2v) is 4.58. The summed E-state index contributed by atoms with van der Waals surface area (Å²) in [5.74, 6) is 0.313. The third-order valence-corrected chi connectivity index (χ3v) is 2.96. The lowest BCUT2D eigenvalue weighted by molar-refractivity contribution is -0.127. The van der Waals surface area contributed by atoms with Crippen molar-refractivity contribution in [1.82, 2.24) is 5.32 Å². The third kappa shape index (κ3) is 3.91. The third-order valence-electron chi connectivity index (χ3n) is 2.96. The van der Waals surface area contributed by atoms with Gasteiger partial charge in [-0.2, -0.15) is 5.26 Å². The molecule has 0 aromatic rings. The van der Waals surface area contributed by atoms with Crippen LogP contribution < -0.4 is 5.32 Å². The molecule has 1 atom stereocenters. The summed E-state index contributed by atoms with van der Waals surface area (Å²) in [5, 5.41) is 11.7. The van der Waals surface area contributed by atoms with Gasteiger partial charge in [0.1, 0.15) is 5.41 Å². The first kappa shape index (κ1) is 14.0. The number of carbonyl (C=O) groups excluding carboxylic acids is 1. The Balaban J connectivity index is 4.37. The van der Waals surface area contributed by atoms with Gasteiger partial charge in [0.15, 0.2) is 0 Å². The van der Waals surface area contributed by atoms with Crippen molar-refractivity contribution < 1.29 is 4.79 Å². The van der Waals surface area contributed by atoms with Crippen LogP contribution >= 0.6 is 0 Å². The predicted molar refractivity (Wildman–Crippen MR) is 61.1 cm³/mol. The van der Waals surface area contributed by atoms with Crippen LogP contribution in [0.1, 0.15) is 47.5 Å². The lowest BCUT2D eigenvalue weighted by Gasteiger charge is -2.25. The maximum Gasteiger partial charge on any atom is 0.240 e. The Morgan fingerprint density at radius 2 is 1.87 bits per heavy atom. The standard InChI is InChI=1S/C12H22N2O/c1-6-10(7-2)9(3)14-11(15)12(4,5)8-13/h9-10H,6-7H2,1-5H3,(H,14,15). The molecule has 15 heavy (non-hydrogen) atoms.